The molecule has 0 unspecified atom stereocenters. The molecule has 1 aromatic rings. The highest BCUT2D eigenvalue weighted by Crippen LogP contribution is 2.17. The average Bonchev–Trinajstić information content (AvgIpc) is 2.43. The van der Waals surface area contributed by atoms with Crippen LogP contribution in [-0.4, -0.2) is 23.8 Å². The Hall–Kier alpha value is -0.540. The van der Waals surface area contributed by atoms with Gasteiger partial charge in [-0.2, -0.15) is 5.10 Å². The molecule has 68 valence electrons. The maximum Gasteiger partial charge on any atom is 0.154 e. The van der Waals surface area contributed by atoms with E-state index in [-0.39, 0.29) is 0 Å². The molecular formula is C8H14ClN3. The van der Waals surface area contributed by atoms with Gasteiger partial charge in [0.15, 0.2) is 5.15 Å². The molecule has 2 N–H and O–H groups in total. The molecule has 0 amide bonds. The van der Waals surface area contributed by atoms with Crippen LogP contribution in [0.5, 0.6) is 0 Å². The first-order chi connectivity index (χ1) is 5.79. The highest BCUT2D eigenvalue weighted by molar-refractivity contribution is 6.30. The van der Waals surface area contributed by atoms with Gasteiger partial charge in [-0.15, -0.1) is 0 Å². The first-order valence-electron chi connectivity index (χ1n) is 4.15. The van der Waals surface area contributed by atoms with Crippen molar-refractivity contribution in [2.45, 2.75) is 19.8 Å². The highest BCUT2D eigenvalue weighted by Gasteiger charge is 2.08. The molecule has 0 saturated heterocycles. The fraction of sp³-hybridized carbons (Fsp3) is 0.625. The van der Waals surface area contributed by atoms with Gasteiger partial charge < -0.3 is 5.32 Å². The van der Waals surface area contributed by atoms with Crippen LogP contribution in [0, 0.1) is 0 Å². The second-order valence-electron chi connectivity index (χ2n) is 2.68. The second-order valence-corrected chi connectivity index (χ2v) is 3.04. The number of likely N-dealkylation sites (N-methyl/N-ethyl adjacent to an activating group) is 1. The zero-order chi connectivity index (χ0) is 8.97. The number of hydrogen-bond donors (Lipinski definition) is 2. The number of aromatic amines is 1. The van der Waals surface area contributed by atoms with Crippen LogP contribution in [0.4, 0.5) is 0 Å². The highest BCUT2D eigenvalue weighted by atomic mass is 35.5. The van der Waals surface area contributed by atoms with Crippen LogP contribution in [0.1, 0.15) is 18.2 Å². The third-order valence-electron chi connectivity index (χ3n) is 1.88. The standard InChI is InChI=1S/C8H14ClN3/c1-3-7-6(4-5-10-2)8(9)12-11-7/h10H,3-5H2,1-2H3,(H,11,12). The van der Waals surface area contributed by atoms with E-state index in [2.05, 4.69) is 22.4 Å². The smallest absolute Gasteiger partial charge is 0.154 e. The predicted molar refractivity (Wildman–Crippen MR) is 50.6 cm³/mol. The Morgan fingerprint density at radius 3 is 2.92 bits per heavy atom. The lowest BCUT2D eigenvalue weighted by atomic mass is 10.1. The SMILES string of the molecule is CCc1[nH]nc(Cl)c1CCNC. The first-order valence-corrected chi connectivity index (χ1v) is 4.53. The van der Waals surface area contributed by atoms with E-state index in [1.54, 1.807) is 0 Å². The third-order valence-corrected chi connectivity index (χ3v) is 2.19. The molecule has 0 saturated carbocycles. The topological polar surface area (TPSA) is 40.7 Å². The molecule has 12 heavy (non-hydrogen) atoms. The number of halogens is 1. The van der Waals surface area contributed by atoms with Gasteiger partial charge in [0.2, 0.25) is 0 Å². The Morgan fingerprint density at radius 2 is 2.33 bits per heavy atom. The fourth-order valence-corrected chi connectivity index (χ4v) is 1.42. The lowest BCUT2D eigenvalue weighted by Crippen LogP contribution is -2.11. The predicted octanol–water partition coefficient (Wildman–Crippen LogP) is 1.39. The molecular weight excluding hydrogens is 174 g/mol. The summed E-state index contributed by atoms with van der Waals surface area (Å²) in [7, 11) is 1.93. The summed E-state index contributed by atoms with van der Waals surface area (Å²) in [6.07, 6.45) is 1.90. The van der Waals surface area contributed by atoms with Crippen LogP contribution in [0.3, 0.4) is 0 Å². The van der Waals surface area contributed by atoms with Crippen LogP contribution < -0.4 is 5.32 Å². The van der Waals surface area contributed by atoms with E-state index in [1.165, 1.54) is 0 Å². The summed E-state index contributed by atoms with van der Waals surface area (Å²) in [6.45, 7) is 3.03. The minimum Gasteiger partial charge on any atom is -0.319 e. The Morgan fingerprint density at radius 1 is 1.58 bits per heavy atom. The largest absolute Gasteiger partial charge is 0.319 e. The Balaban J connectivity index is 2.72. The van der Waals surface area contributed by atoms with Gasteiger partial charge in [0.1, 0.15) is 0 Å². The monoisotopic (exact) mass is 187 g/mol. The van der Waals surface area contributed by atoms with Gasteiger partial charge in [-0.05, 0) is 26.4 Å². The van der Waals surface area contributed by atoms with Gasteiger partial charge in [-0.25, -0.2) is 0 Å². The molecule has 0 radical (unpaired) electrons. The zero-order valence-corrected chi connectivity index (χ0v) is 8.20. The summed E-state index contributed by atoms with van der Waals surface area (Å²) in [5.41, 5.74) is 2.30. The summed E-state index contributed by atoms with van der Waals surface area (Å²) < 4.78 is 0. The van der Waals surface area contributed by atoms with Crippen LogP contribution in [0.2, 0.25) is 5.15 Å². The van der Waals surface area contributed by atoms with Crippen molar-refractivity contribution in [1.29, 1.82) is 0 Å². The normalized spacial score (nSPS) is 10.6. The van der Waals surface area contributed by atoms with Gasteiger partial charge in [0, 0.05) is 11.3 Å². The molecule has 1 heterocycles. The van der Waals surface area contributed by atoms with E-state index in [4.69, 9.17) is 11.6 Å². The van der Waals surface area contributed by atoms with Crippen molar-refractivity contribution in [3.05, 3.63) is 16.4 Å². The molecule has 0 atom stereocenters. The first kappa shape index (κ1) is 9.55. The van der Waals surface area contributed by atoms with E-state index < -0.39 is 0 Å². The van der Waals surface area contributed by atoms with Crippen molar-refractivity contribution in [1.82, 2.24) is 15.5 Å². The van der Waals surface area contributed by atoms with Gasteiger partial charge >= 0.3 is 0 Å². The number of aromatic nitrogens is 2. The second kappa shape index (κ2) is 4.48. The molecule has 3 nitrogen and oxygen atoms in total. The van der Waals surface area contributed by atoms with Gasteiger partial charge in [-0.1, -0.05) is 18.5 Å². The van der Waals surface area contributed by atoms with Crippen molar-refractivity contribution in [2.75, 3.05) is 13.6 Å². The minimum absolute atomic E-state index is 0.613. The van der Waals surface area contributed by atoms with Gasteiger partial charge in [0.25, 0.3) is 0 Å². The number of rotatable bonds is 4. The van der Waals surface area contributed by atoms with Crippen molar-refractivity contribution >= 4 is 11.6 Å². The van der Waals surface area contributed by atoms with E-state index in [1.807, 2.05) is 7.05 Å². The van der Waals surface area contributed by atoms with Crippen molar-refractivity contribution in [3.63, 3.8) is 0 Å². The number of hydrogen-bond acceptors (Lipinski definition) is 2. The summed E-state index contributed by atoms with van der Waals surface area (Å²) in [5.74, 6) is 0. The molecule has 0 aliphatic carbocycles. The average molecular weight is 188 g/mol. The molecule has 1 aromatic heterocycles. The Kier molecular flexibility index (Phi) is 3.56. The van der Waals surface area contributed by atoms with Crippen LogP contribution in [-0.2, 0) is 12.8 Å². The van der Waals surface area contributed by atoms with Crippen LogP contribution in [0.25, 0.3) is 0 Å². The molecule has 0 aliphatic heterocycles. The number of aryl methyl sites for hydroxylation is 1. The van der Waals surface area contributed by atoms with Gasteiger partial charge in [0.05, 0.1) is 0 Å². The quantitative estimate of drug-likeness (QED) is 0.748. The molecule has 0 bridgehead atoms. The lowest BCUT2D eigenvalue weighted by molar-refractivity contribution is 0.785. The van der Waals surface area contributed by atoms with E-state index in [0.29, 0.717) is 5.15 Å². The van der Waals surface area contributed by atoms with Crippen molar-refractivity contribution in [2.24, 2.45) is 0 Å². The molecule has 0 fully saturated rings. The zero-order valence-electron chi connectivity index (χ0n) is 7.45. The lowest BCUT2D eigenvalue weighted by Gasteiger charge is -1.99. The molecule has 0 aromatic carbocycles. The maximum atomic E-state index is 5.89. The van der Waals surface area contributed by atoms with E-state index in [0.717, 1.165) is 30.6 Å². The molecule has 0 spiro atoms. The summed E-state index contributed by atoms with van der Waals surface area (Å²) in [5, 5.41) is 10.6. The summed E-state index contributed by atoms with van der Waals surface area (Å²) >= 11 is 5.89. The molecule has 1 rings (SSSR count). The Labute approximate surface area is 77.5 Å². The van der Waals surface area contributed by atoms with Crippen LogP contribution in [0.15, 0.2) is 0 Å². The van der Waals surface area contributed by atoms with E-state index >= 15 is 0 Å². The van der Waals surface area contributed by atoms with Crippen molar-refractivity contribution < 1.29 is 0 Å². The number of H-pyrrole nitrogens is 1. The van der Waals surface area contributed by atoms with E-state index in [9.17, 15) is 0 Å². The summed E-state index contributed by atoms with van der Waals surface area (Å²) in [4.78, 5) is 0. The maximum absolute atomic E-state index is 5.89. The minimum atomic E-state index is 0.613. The fourth-order valence-electron chi connectivity index (χ4n) is 1.17. The number of nitrogens with one attached hydrogen (secondary N) is 2. The third kappa shape index (κ3) is 1.99. The number of nitrogens with zero attached hydrogens (tertiary/aromatic N) is 1. The molecule has 0 aliphatic rings. The Bertz CT molecular complexity index is 244. The van der Waals surface area contributed by atoms with Crippen molar-refractivity contribution in [3.8, 4) is 0 Å². The molecule has 4 heteroatoms. The summed E-state index contributed by atoms with van der Waals surface area (Å²) in [6, 6.07) is 0. The van der Waals surface area contributed by atoms with Gasteiger partial charge in [-0.3, -0.25) is 5.10 Å². The van der Waals surface area contributed by atoms with Crippen LogP contribution >= 0.6 is 11.6 Å².